The van der Waals surface area contributed by atoms with Crippen LogP contribution in [0, 0.1) is 5.92 Å². The van der Waals surface area contributed by atoms with Gasteiger partial charge in [-0.2, -0.15) is 0 Å². The number of likely N-dealkylation sites (tertiary alicyclic amines) is 1. The van der Waals surface area contributed by atoms with Crippen LogP contribution in [0.3, 0.4) is 0 Å². The summed E-state index contributed by atoms with van der Waals surface area (Å²) in [6.45, 7) is 6.29. The van der Waals surface area contributed by atoms with Gasteiger partial charge < -0.3 is 10.6 Å². The molecule has 144 valence electrons. The Balaban J connectivity index is 1.21. The van der Waals surface area contributed by atoms with Crippen LogP contribution in [0.2, 0.25) is 0 Å². The fourth-order valence-electron chi connectivity index (χ4n) is 4.00. The summed E-state index contributed by atoms with van der Waals surface area (Å²) < 4.78 is 0. The SMILES string of the molecule is c1ccc(CN2CCC[C@H]2CNCc2cc(CNCC3CC3)ccn2)cc1. The number of nitrogens with one attached hydrogen (secondary N) is 2. The molecule has 2 N–H and O–H groups in total. The minimum Gasteiger partial charge on any atom is -0.312 e. The van der Waals surface area contributed by atoms with E-state index in [4.69, 9.17) is 0 Å². The Hall–Kier alpha value is -1.75. The Labute approximate surface area is 163 Å². The Morgan fingerprint density at radius 3 is 2.63 bits per heavy atom. The zero-order valence-corrected chi connectivity index (χ0v) is 16.2. The Morgan fingerprint density at radius 2 is 1.78 bits per heavy atom. The molecule has 1 aromatic heterocycles. The van der Waals surface area contributed by atoms with Crippen LogP contribution < -0.4 is 10.6 Å². The third-order valence-electron chi connectivity index (χ3n) is 5.75. The summed E-state index contributed by atoms with van der Waals surface area (Å²) in [5.41, 5.74) is 3.90. The Kier molecular flexibility index (Phi) is 6.51. The van der Waals surface area contributed by atoms with Crippen LogP contribution in [-0.4, -0.2) is 35.6 Å². The van der Waals surface area contributed by atoms with Gasteiger partial charge in [0, 0.05) is 38.4 Å². The van der Waals surface area contributed by atoms with E-state index < -0.39 is 0 Å². The van der Waals surface area contributed by atoms with Gasteiger partial charge in [0.05, 0.1) is 5.69 Å². The van der Waals surface area contributed by atoms with Gasteiger partial charge in [0.15, 0.2) is 0 Å². The molecular formula is C23H32N4. The van der Waals surface area contributed by atoms with Crippen LogP contribution in [0.5, 0.6) is 0 Å². The topological polar surface area (TPSA) is 40.2 Å². The molecule has 2 heterocycles. The average Bonchev–Trinajstić information content (AvgIpc) is 3.42. The molecule has 1 aliphatic heterocycles. The van der Waals surface area contributed by atoms with Gasteiger partial charge in [-0.15, -0.1) is 0 Å². The highest BCUT2D eigenvalue weighted by Crippen LogP contribution is 2.27. The smallest absolute Gasteiger partial charge is 0.0544 e. The van der Waals surface area contributed by atoms with E-state index in [-0.39, 0.29) is 0 Å². The molecule has 0 amide bonds. The fraction of sp³-hybridized carbons (Fsp3) is 0.522. The molecule has 4 rings (SSSR count). The summed E-state index contributed by atoms with van der Waals surface area (Å²) in [6, 6.07) is 15.8. The van der Waals surface area contributed by atoms with Crippen LogP contribution >= 0.6 is 0 Å². The lowest BCUT2D eigenvalue weighted by molar-refractivity contribution is 0.239. The van der Waals surface area contributed by atoms with Crippen molar-refractivity contribution in [1.82, 2.24) is 20.5 Å². The maximum atomic E-state index is 4.54. The van der Waals surface area contributed by atoms with Crippen molar-refractivity contribution >= 4 is 0 Å². The highest BCUT2D eigenvalue weighted by molar-refractivity contribution is 5.17. The highest BCUT2D eigenvalue weighted by atomic mass is 15.2. The van der Waals surface area contributed by atoms with Crippen LogP contribution in [0.1, 0.15) is 42.5 Å². The van der Waals surface area contributed by atoms with E-state index in [9.17, 15) is 0 Å². The lowest BCUT2D eigenvalue weighted by atomic mass is 10.1. The summed E-state index contributed by atoms with van der Waals surface area (Å²) in [5.74, 6) is 0.929. The maximum absolute atomic E-state index is 4.54. The average molecular weight is 365 g/mol. The van der Waals surface area contributed by atoms with E-state index in [1.165, 1.54) is 43.4 Å². The van der Waals surface area contributed by atoms with E-state index in [1.807, 2.05) is 6.20 Å². The predicted molar refractivity (Wildman–Crippen MR) is 110 cm³/mol. The molecule has 0 unspecified atom stereocenters. The van der Waals surface area contributed by atoms with Gasteiger partial charge in [0.25, 0.3) is 0 Å². The molecule has 1 aromatic carbocycles. The summed E-state index contributed by atoms with van der Waals surface area (Å²) in [7, 11) is 0. The molecular weight excluding hydrogens is 332 g/mol. The molecule has 4 heteroatoms. The van der Waals surface area contributed by atoms with Crippen molar-refractivity contribution in [3.05, 3.63) is 65.5 Å². The molecule has 1 saturated heterocycles. The van der Waals surface area contributed by atoms with E-state index >= 15 is 0 Å². The first-order chi connectivity index (χ1) is 13.4. The zero-order chi connectivity index (χ0) is 18.3. The number of hydrogen-bond acceptors (Lipinski definition) is 4. The number of rotatable bonds is 10. The molecule has 0 spiro atoms. The molecule has 2 fully saturated rings. The molecule has 1 aliphatic carbocycles. The Bertz CT molecular complexity index is 699. The molecule has 0 bridgehead atoms. The van der Waals surface area contributed by atoms with Crippen molar-refractivity contribution in [2.75, 3.05) is 19.6 Å². The second kappa shape index (κ2) is 9.45. The molecule has 1 atom stereocenters. The lowest BCUT2D eigenvalue weighted by Gasteiger charge is -2.25. The minimum absolute atomic E-state index is 0.633. The molecule has 1 saturated carbocycles. The first-order valence-corrected chi connectivity index (χ1v) is 10.5. The number of benzene rings is 1. The van der Waals surface area contributed by atoms with E-state index in [1.54, 1.807) is 0 Å². The van der Waals surface area contributed by atoms with Crippen molar-refractivity contribution in [1.29, 1.82) is 0 Å². The van der Waals surface area contributed by atoms with Gasteiger partial charge in [-0.05, 0) is 68.0 Å². The molecule has 4 nitrogen and oxygen atoms in total. The number of pyridine rings is 1. The van der Waals surface area contributed by atoms with Crippen molar-refractivity contribution in [2.24, 2.45) is 5.92 Å². The van der Waals surface area contributed by atoms with Gasteiger partial charge in [-0.3, -0.25) is 9.88 Å². The van der Waals surface area contributed by atoms with E-state index in [0.29, 0.717) is 6.04 Å². The van der Waals surface area contributed by atoms with Crippen molar-refractivity contribution in [3.63, 3.8) is 0 Å². The summed E-state index contributed by atoms with van der Waals surface area (Å²) in [6.07, 6.45) is 7.35. The maximum Gasteiger partial charge on any atom is 0.0544 e. The quantitative estimate of drug-likeness (QED) is 0.678. The van der Waals surface area contributed by atoms with Gasteiger partial charge in [-0.25, -0.2) is 0 Å². The molecule has 0 radical (unpaired) electrons. The van der Waals surface area contributed by atoms with Crippen LogP contribution in [0.15, 0.2) is 48.7 Å². The second-order valence-corrected chi connectivity index (χ2v) is 8.11. The van der Waals surface area contributed by atoms with Gasteiger partial charge in [0.1, 0.15) is 0 Å². The number of nitrogens with zero attached hydrogens (tertiary/aromatic N) is 2. The normalized spacial score (nSPS) is 20.2. The highest BCUT2D eigenvalue weighted by Gasteiger charge is 2.24. The Morgan fingerprint density at radius 1 is 0.926 bits per heavy atom. The molecule has 2 aliphatic rings. The van der Waals surface area contributed by atoms with Gasteiger partial charge >= 0.3 is 0 Å². The van der Waals surface area contributed by atoms with Crippen LogP contribution in [-0.2, 0) is 19.6 Å². The first-order valence-electron chi connectivity index (χ1n) is 10.5. The van der Waals surface area contributed by atoms with Crippen molar-refractivity contribution < 1.29 is 0 Å². The monoisotopic (exact) mass is 364 g/mol. The van der Waals surface area contributed by atoms with Gasteiger partial charge in [0.2, 0.25) is 0 Å². The van der Waals surface area contributed by atoms with Crippen molar-refractivity contribution in [3.8, 4) is 0 Å². The summed E-state index contributed by atoms with van der Waals surface area (Å²) in [5, 5.41) is 7.21. The molecule has 2 aromatic rings. The number of aromatic nitrogens is 1. The van der Waals surface area contributed by atoms with Crippen LogP contribution in [0.25, 0.3) is 0 Å². The third-order valence-corrected chi connectivity index (χ3v) is 5.75. The summed E-state index contributed by atoms with van der Waals surface area (Å²) in [4.78, 5) is 7.16. The zero-order valence-electron chi connectivity index (χ0n) is 16.2. The standard InChI is InChI=1S/C23H32N4/c1-2-5-20(6-3-1)18-27-12-4-7-23(27)17-25-16-22-13-21(10-11-26-22)15-24-14-19-8-9-19/h1-3,5-6,10-11,13,19,23-25H,4,7-9,12,14-18H2/t23-/m0/s1. The minimum atomic E-state index is 0.633. The van der Waals surface area contributed by atoms with E-state index in [0.717, 1.165) is 44.3 Å². The number of hydrogen-bond donors (Lipinski definition) is 2. The van der Waals surface area contributed by atoms with E-state index in [2.05, 4.69) is 63.0 Å². The van der Waals surface area contributed by atoms with Crippen molar-refractivity contribution in [2.45, 2.75) is 51.4 Å². The third kappa shape index (κ3) is 5.86. The van der Waals surface area contributed by atoms with Gasteiger partial charge in [-0.1, -0.05) is 30.3 Å². The largest absolute Gasteiger partial charge is 0.312 e. The summed E-state index contributed by atoms with van der Waals surface area (Å²) >= 11 is 0. The first kappa shape index (κ1) is 18.6. The fourth-order valence-corrected chi connectivity index (χ4v) is 4.00. The van der Waals surface area contributed by atoms with Crippen LogP contribution in [0.4, 0.5) is 0 Å². The lowest BCUT2D eigenvalue weighted by Crippen LogP contribution is -2.37. The molecule has 27 heavy (non-hydrogen) atoms. The second-order valence-electron chi connectivity index (χ2n) is 8.11. The predicted octanol–water partition coefficient (Wildman–Crippen LogP) is 3.34.